The molecule has 6 heteroatoms. The van der Waals surface area contributed by atoms with Crippen LogP contribution in [0.3, 0.4) is 0 Å². The van der Waals surface area contributed by atoms with Crippen LogP contribution in [0.15, 0.2) is 4.52 Å². The predicted molar refractivity (Wildman–Crippen MR) is 62.2 cm³/mol. The van der Waals surface area contributed by atoms with Gasteiger partial charge in [-0.2, -0.15) is 0 Å². The molecular weight excluding hydrogens is 234 g/mol. The molecule has 0 saturated heterocycles. The van der Waals surface area contributed by atoms with Gasteiger partial charge in [-0.1, -0.05) is 19.0 Å². The molecule has 0 saturated carbocycles. The molecule has 0 radical (unpaired) electrons. The van der Waals surface area contributed by atoms with Crippen molar-refractivity contribution in [2.75, 3.05) is 6.54 Å². The minimum absolute atomic E-state index is 0.326. The number of halogens is 1. The van der Waals surface area contributed by atoms with E-state index in [0.29, 0.717) is 16.7 Å². The second-order valence-electron chi connectivity index (χ2n) is 4.08. The van der Waals surface area contributed by atoms with Crippen molar-refractivity contribution in [1.82, 2.24) is 15.0 Å². The number of nitrogens with one attached hydrogen (secondary N) is 2. The Morgan fingerprint density at radius 3 is 2.80 bits per heavy atom. The fourth-order valence-corrected chi connectivity index (χ4v) is 2.01. The largest absolute Gasteiger partial charge is 0.324 e. The topological polar surface area (TPSA) is 53.9 Å². The average Bonchev–Trinajstić information content (AvgIpc) is 2.50. The van der Waals surface area contributed by atoms with Crippen LogP contribution in [-0.2, 0) is 6.42 Å². The van der Waals surface area contributed by atoms with Crippen LogP contribution in [0, 0.1) is 16.7 Å². The highest BCUT2D eigenvalue weighted by atomic mass is 35.5. The van der Waals surface area contributed by atoms with Crippen molar-refractivity contribution in [3.8, 4) is 0 Å². The summed E-state index contributed by atoms with van der Waals surface area (Å²) in [5.74, 6) is 1.87. The van der Waals surface area contributed by atoms with Gasteiger partial charge in [0.15, 0.2) is 0 Å². The number of aromatic nitrogens is 2. The average molecular weight is 250 g/mol. The van der Waals surface area contributed by atoms with Crippen LogP contribution >= 0.6 is 24.0 Å². The van der Waals surface area contributed by atoms with Gasteiger partial charge in [-0.25, -0.2) is 4.84 Å². The molecule has 1 heterocycles. The van der Waals surface area contributed by atoms with Gasteiger partial charge < -0.3 is 4.52 Å². The summed E-state index contributed by atoms with van der Waals surface area (Å²) in [5, 5.41) is 3.84. The molecule has 0 aliphatic carbocycles. The second kappa shape index (κ2) is 6.25. The lowest BCUT2D eigenvalue weighted by atomic mass is 9.94. The molecule has 0 amide bonds. The van der Waals surface area contributed by atoms with Crippen LogP contribution in [0.2, 0.25) is 0 Å². The molecule has 0 aliphatic heterocycles. The quantitative estimate of drug-likeness (QED) is 0.601. The molecule has 0 fully saturated rings. The van der Waals surface area contributed by atoms with Gasteiger partial charge in [-0.05, 0) is 42.3 Å². The first-order chi connectivity index (χ1) is 7.11. The van der Waals surface area contributed by atoms with Crippen molar-refractivity contribution in [1.29, 1.82) is 0 Å². The van der Waals surface area contributed by atoms with Gasteiger partial charge >= 0.3 is 0 Å². The molecular formula is C9H16ClN3OS. The zero-order valence-corrected chi connectivity index (χ0v) is 10.5. The van der Waals surface area contributed by atoms with Crippen LogP contribution in [0.1, 0.15) is 26.1 Å². The van der Waals surface area contributed by atoms with Crippen molar-refractivity contribution < 1.29 is 4.52 Å². The standard InChI is InChI=1S/C9H16ClN3OS/c1-6(2)3-7(5-11-10)4-8-12-9(15)14-13-8/h6-7,11H,3-5H2,1-2H3,(H,12,13,15). The van der Waals surface area contributed by atoms with Crippen LogP contribution in [-0.4, -0.2) is 16.7 Å². The fraction of sp³-hybridized carbons (Fsp3) is 0.778. The van der Waals surface area contributed by atoms with E-state index in [4.69, 9.17) is 28.5 Å². The molecule has 0 aromatic carbocycles. The van der Waals surface area contributed by atoms with Crippen LogP contribution in [0.5, 0.6) is 0 Å². The van der Waals surface area contributed by atoms with Crippen molar-refractivity contribution in [2.45, 2.75) is 26.7 Å². The van der Waals surface area contributed by atoms with E-state index >= 15 is 0 Å². The third-order valence-corrected chi connectivity index (χ3v) is 2.47. The molecule has 0 aliphatic rings. The van der Waals surface area contributed by atoms with E-state index in [-0.39, 0.29) is 0 Å². The summed E-state index contributed by atoms with van der Waals surface area (Å²) in [4.78, 5) is 5.90. The highest BCUT2D eigenvalue weighted by Crippen LogP contribution is 2.15. The summed E-state index contributed by atoms with van der Waals surface area (Å²) in [6, 6.07) is 0. The molecule has 1 unspecified atom stereocenters. The third kappa shape index (κ3) is 4.77. The SMILES string of the molecule is CC(C)CC(CNCl)Cc1noc(=S)[nH]1. The molecule has 1 atom stereocenters. The van der Waals surface area contributed by atoms with Crippen molar-refractivity contribution >= 4 is 24.0 Å². The Hall–Kier alpha value is -0.390. The Kier molecular flexibility index (Phi) is 5.28. The van der Waals surface area contributed by atoms with E-state index in [1.165, 1.54) is 0 Å². The summed E-state index contributed by atoms with van der Waals surface area (Å²) in [6.45, 7) is 5.13. The van der Waals surface area contributed by atoms with Gasteiger partial charge in [-0.15, -0.1) is 0 Å². The second-order valence-corrected chi connectivity index (χ2v) is 4.72. The first-order valence-electron chi connectivity index (χ1n) is 5.00. The minimum atomic E-state index is 0.326. The Morgan fingerprint density at radius 1 is 1.60 bits per heavy atom. The van der Waals surface area contributed by atoms with E-state index < -0.39 is 0 Å². The maximum absolute atomic E-state index is 5.53. The molecule has 0 bridgehead atoms. The number of aromatic amines is 1. The molecule has 4 nitrogen and oxygen atoms in total. The van der Waals surface area contributed by atoms with Gasteiger partial charge in [0.05, 0.1) is 0 Å². The number of hydrogen-bond donors (Lipinski definition) is 2. The number of hydrogen-bond acceptors (Lipinski definition) is 4. The van der Waals surface area contributed by atoms with E-state index in [0.717, 1.165) is 25.2 Å². The number of rotatable bonds is 6. The van der Waals surface area contributed by atoms with E-state index in [2.05, 4.69) is 28.8 Å². The van der Waals surface area contributed by atoms with E-state index in [1.807, 2.05) is 0 Å². The van der Waals surface area contributed by atoms with Gasteiger partial charge in [0.2, 0.25) is 0 Å². The zero-order valence-electron chi connectivity index (χ0n) is 8.92. The fourth-order valence-electron chi connectivity index (χ4n) is 1.64. The molecule has 2 N–H and O–H groups in total. The van der Waals surface area contributed by atoms with Crippen molar-refractivity contribution in [3.63, 3.8) is 0 Å². The first-order valence-corrected chi connectivity index (χ1v) is 5.78. The molecule has 1 aromatic rings. The summed E-state index contributed by atoms with van der Waals surface area (Å²) >= 11 is 10.3. The number of nitrogens with zero attached hydrogens (tertiary/aromatic N) is 1. The summed E-state index contributed by atoms with van der Waals surface area (Å²) in [5.41, 5.74) is 0. The Balaban J connectivity index is 2.53. The maximum atomic E-state index is 5.53. The van der Waals surface area contributed by atoms with Crippen molar-refractivity contribution in [2.24, 2.45) is 11.8 Å². The van der Waals surface area contributed by atoms with Crippen LogP contribution in [0.25, 0.3) is 0 Å². The summed E-state index contributed by atoms with van der Waals surface area (Å²) in [6.07, 6.45) is 1.89. The highest BCUT2D eigenvalue weighted by molar-refractivity contribution is 7.71. The van der Waals surface area contributed by atoms with Gasteiger partial charge in [0.1, 0.15) is 5.82 Å². The van der Waals surface area contributed by atoms with Gasteiger partial charge in [-0.3, -0.25) is 4.98 Å². The first kappa shape index (κ1) is 12.7. The minimum Gasteiger partial charge on any atom is -0.324 e. The monoisotopic (exact) mass is 249 g/mol. The summed E-state index contributed by atoms with van der Waals surface area (Å²) in [7, 11) is 0. The molecule has 0 spiro atoms. The van der Waals surface area contributed by atoms with Crippen LogP contribution in [0.4, 0.5) is 0 Å². The smallest absolute Gasteiger partial charge is 0.294 e. The lowest BCUT2D eigenvalue weighted by Crippen LogP contribution is -2.19. The Labute approximate surface area is 99.5 Å². The predicted octanol–water partition coefficient (Wildman–Crippen LogP) is 2.68. The molecule has 1 rings (SSSR count). The maximum Gasteiger partial charge on any atom is 0.294 e. The normalized spacial score (nSPS) is 13.3. The molecule has 1 aromatic heterocycles. The van der Waals surface area contributed by atoms with Crippen LogP contribution < -0.4 is 4.84 Å². The molecule has 15 heavy (non-hydrogen) atoms. The van der Waals surface area contributed by atoms with E-state index in [1.54, 1.807) is 0 Å². The summed E-state index contributed by atoms with van der Waals surface area (Å²) < 4.78 is 4.80. The van der Waals surface area contributed by atoms with Crippen molar-refractivity contribution in [3.05, 3.63) is 10.7 Å². The third-order valence-electron chi connectivity index (χ3n) is 2.14. The zero-order chi connectivity index (χ0) is 11.3. The highest BCUT2D eigenvalue weighted by Gasteiger charge is 2.13. The Morgan fingerprint density at radius 2 is 2.33 bits per heavy atom. The van der Waals surface area contributed by atoms with Gasteiger partial charge in [0.25, 0.3) is 4.84 Å². The van der Waals surface area contributed by atoms with Gasteiger partial charge in [0, 0.05) is 13.0 Å². The number of H-pyrrole nitrogens is 1. The van der Waals surface area contributed by atoms with E-state index in [9.17, 15) is 0 Å². The lowest BCUT2D eigenvalue weighted by molar-refractivity contribution is 0.373. The Bertz CT molecular complexity index is 336. The molecule has 86 valence electrons. The lowest BCUT2D eigenvalue weighted by Gasteiger charge is -2.16.